The summed E-state index contributed by atoms with van der Waals surface area (Å²) in [5, 5.41) is 14.8. The van der Waals surface area contributed by atoms with E-state index in [9.17, 15) is 0 Å². The summed E-state index contributed by atoms with van der Waals surface area (Å²) in [6.45, 7) is 5.58. The van der Waals surface area contributed by atoms with Crippen LogP contribution in [0, 0.1) is 0 Å². The molecule has 2 unspecified atom stereocenters. The lowest BCUT2D eigenvalue weighted by Gasteiger charge is -2.32. The number of hydrogen-bond acceptors (Lipinski definition) is 4. The number of ether oxygens (including phenoxy) is 1. The van der Waals surface area contributed by atoms with Crippen LogP contribution in [0.5, 0.6) is 0 Å². The van der Waals surface area contributed by atoms with E-state index in [0.717, 1.165) is 13.1 Å². The Morgan fingerprint density at radius 3 is 2.00 bits per heavy atom. The number of aliphatic carboxylic acids is 2. The zero-order valence-corrected chi connectivity index (χ0v) is 11.9. The van der Waals surface area contributed by atoms with Crippen LogP contribution in [0.1, 0.15) is 36.7 Å². The molecule has 3 rings (SSSR count). The number of nitrogens with zero attached hydrogens (tertiary/aromatic N) is 1. The molecule has 2 aliphatic heterocycles. The molecule has 6 heteroatoms. The number of fused-ring (bicyclic) bond motifs is 5. The Hall–Kier alpha value is -1.92. The summed E-state index contributed by atoms with van der Waals surface area (Å²) in [6, 6.07) is 8.67. The van der Waals surface area contributed by atoms with Crippen LogP contribution in [-0.4, -0.2) is 46.7 Å². The molecule has 6 nitrogen and oxygen atoms in total. The maximum absolute atomic E-state index is 9.10. The second-order valence-corrected chi connectivity index (χ2v) is 5.11. The van der Waals surface area contributed by atoms with Gasteiger partial charge in [-0.3, -0.25) is 4.90 Å². The van der Waals surface area contributed by atoms with E-state index in [4.69, 9.17) is 24.5 Å². The fourth-order valence-electron chi connectivity index (χ4n) is 2.77. The zero-order valence-electron chi connectivity index (χ0n) is 11.9. The summed E-state index contributed by atoms with van der Waals surface area (Å²) in [7, 11) is 0. The Morgan fingerprint density at radius 2 is 1.62 bits per heavy atom. The Bertz CT molecular complexity index is 488. The summed E-state index contributed by atoms with van der Waals surface area (Å²) >= 11 is 0. The van der Waals surface area contributed by atoms with Gasteiger partial charge in [-0.2, -0.15) is 0 Å². The van der Waals surface area contributed by atoms with Crippen LogP contribution in [0.3, 0.4) is 0 Å². The third-order valence-electron chi connectivity index (χ3n) is 3.59. The van der Waals surface area contributed by atoms with Gasteiger partial charge in [-0.1, -0.05) is 31.2 Å². The van der Waals surface area contributed by atoms with E-state index in [1.807, 2.05) is 0 Å². The van der Waals surface area contributed by atoms with Gasteiger partial charge in [0.15, 0.2) is 0 Å². The van der Waals surface area contributed by atoms with Gasteiger partial charge in [0.1, 0.15) is 0 Å². The largest absolute Gasteiger partial charge is 0.473 e. The summed E-state index contributed by atoms with van der Waals surface area (Å²) in [4.78, 5) is 20.7. The van der Waals surface area contributed by atoms with Crippen molar-refractivity contribution in [3.63, 3.8) is 0 Å². The monoisotopic (exact) mass is 293 g/mol. The zero-order chi connectivity index (χ0) is 15.4. The van der Waals surface area contributed by atoms with Gasteiger partial charge in [0.2, 0.25) is 0 Å². The van der Waals surface area contributed by atoms with Crippen molar-refractivity contribution in [3.8, 4) is 0 Å². The standard InChI is InChI=1S/C13H17NO.C2H2O4/c1-2-7-14-8-12-10-5-3-4-6-11(10)13(9-14)15-12;3-1(4)2(5)6/h3-6,12-13H,2,7-9H2,1H3;(H,3,4)(H,5,6). The number of carboxylic acid groups (broad SMARTS) is 2. The number of benzene rings is 1. The molecule has 1 aromatic carbocycles. The number of carbonyl (C=O) groups is 2. The first-order chi connectivity index (χ1) is 10.0. The van der Waals surface area contributed by atoms with Crippen LogP contribution in [0.2, 0.25) is 0 Å². The van der Waals surface area contributed by atoms with Crippen molar-refractivity contribution in [2.45, 2.75) is 25.6 Å². The minimum atomic E-state index is -1.82. The molecule has 1 fully saturated rings. The topological polar surface area (TPSA) is 87.1 Å². The van der Waals surface area contributed by atoms with Crippen molar-refractivity contribution < 1.29 is 24.5 Å². The van der Waals surface area contributed by atoms with Crippen LogP contribution >= 0.6 is 0 Å². The van der Waals surface area contributed by atoms with Crippen LogP contribution in [0.4, 0.5) is 0 Å². The SMILES string of the molecule is CCCN1CC2OC(C1)c1ccccc12.O=C(O)C(=O)O. The third kappa shape index (κ3) is 3.59. The lowest BCUT2D eigenvalue weighted by atomic mass is 10.0. The molecular formula is C15H19NO5. The van der Waals surface area contributed by atoms with E-state index in [-0.39, 0.29) is 0 Å². The highest BCUT2D eigenvalue weighted by atomic mass is 16.5. The highest BCUT2D eigenvalue weighted by Gasteiger charge is 2.37. The van der Waals surface area contributed by atoms with Crippen molar-refractivity contribution in [2.24, 2.45) is 0 Å². The van der Waals surface area contributed by atoms with Gasteiger partial charge in [0, 0.05) is 13.1 Å². The molecule has 0 saturated carbocycles. The van der Waals surface area contributed by atoms with Crippen molar-refractivity contribution in [2.75, 3.05) is 19.6 Å². The number of carboxylic acids is 2. The molecule has 0 aromatic heterocycles. The summed E-state index contributed by atoms with van der Waals surface area (Å²) in [6.07, 6.45) is 1.88. The molecule has 0 amide bonds. The summed E-state index contributed by atoms with van der Waals surface area (Å²) < 4.78 is 6.00. The second-order valence-electron chi connectivity index (χ2n) is 5.11. The Labute approximate surface area is 122 Å². The molecule has 0 aliphatic carbocycles. The average molecular weight is 293 g/mol. The Morgan fingerprint density at radius 1 is 1.14 bits per heavy atom. The smallest absolute Gasteiger partial charge is 0.414 e. The molecule has 2 aliphatic rings. The molecule has 0 radical (unpaired) electrons. The van der Waals surface area contributed by atoms with Crippen molar-refractivity contribution >= 4 is 11.9 Å². The van der Waals surface area contributed by atoms with Gasteiger partial charge < -0.3 is 14.9 Å². The van der Waals surface area contributed by atoms with Gasteiger partial charge in [-0.15, -0.1) is 0 Å². The van der Waals surface area contributed by atoms with Crippen molar-refractivity contribution in [1.82, 2.24) is 4.90 Å². The molecular weight excluding hydrogens is 274 g/mol. The van der Waals surface area contributed by atoms with E-state index in [1.165, 1.54) is 24.1 Å². The van der Waals surface area contributed by atoms with Crippen LogP contribution in [0.25, 0.3) is 0 Å². The lowest BCUT2D eigenvalue weighted by Crippen LogP contribution is -2.36. The molecule has 1 saturated heterocycles. The third-order valence-corrected chi connectivity index (χ3v) is 3.59. The predicted molar refractivity (Wildman–Crippen MR) is 75.0 cm³/mol. The number of rotatable bonds is 2. The molecule has 2 N–H and O–H groups in total. The quantitative estimate of drug-likeness (QED) is 0.807. The van der Waals surface area contributed by atoms with E-state index < -0.39 is 11.9 Å². The van der Waals surface area contributed by atoms with Gasteiger partial charge in [-0.05, 0) is 24.1 Å². The summed E-state index contributed by atoms with van der Waals surface area (Å²) in [5.41, 5.74) is 2.84. The lowest BCUT2D eigenvalue weighted by molar-refractivity contribution is -0.159. The molecule has 114 valence electrons. The number of morpholine rings is 1. The van der Waals surface area contributed by atoms with Crippen LogP contribution in [-0.2, 0) is 14.3 Å². The minimum Gasteiger partial charge on any atom is -0.473 e. The highest BCUT2D eigenvalue weighted by Crippen LogP contribution is 2.42. The second kappa shape index (κ2) is 6.69. The molecule has 2 atom stereocenters. The van der Waals surface area contributed by atoms with Crippen LogP contribution in [0.15, 0.2) is 24.3 Å². The normalized spacial score (nSPS) is 22.9. The Balaban J connectivity index is 0.000000232. The maximum atomic E-state index is 9.10. The van der Waals surface area contributed by atoms with E-state index in [2.05, 4.69) is 36.1 Å². The molecule has 2 heterocycles. The number of hydrogen-bond donors (Lipinski definition) is 2. The van der Waals surface area contributed by atoms with Crippen LogP contribution < -0.4 is 0 Å². The highest BCUT2D eigenvalue weighted by molar-refractivity contribution is 6.27. The first kappa shape index (κ1) is 15.5. The maximum Gasteiger partial charge on any atom is 0.414 e. The average Bonchev–Trinajstić information content (AvgIpc) is 2.72. The molecule has 2 bridgehead atoms. The van der Waals surface area contributed by atoms with Gasteiger partial charge in [0.25, 0.3) is 0 Å². The Kier molecular flexibility index (Phi) is 4.93. The first-order valence-electron chi connectivity index (χ1n) is 6.95. The molecule has 1 aromatic rings. The molecule has 0 spiro atoms. The first-order valence-corrected chi connectivity index (χ1v) is 6.95. The molecule has 21 heavy (non-hydrogen) atoms. The van der Waals surface area contributed by atoms with E-state index in [0.29, 0.717) is 12.2 Å². The van der Waals surface area contributed by atoms with Gasteiger partial charge >= 0.3 is 11.9 Å². The van der Waals surface area contributed by atoms with Crippen molar-refractivity contribution in [3.05, 3.63) is 35.4 Å². The van der Waals surface area contributed by atoms with Gasteiger partial charge in [-0.25, -0.2) is 9.59 Å². The minimum absolute atomic E-state index is 0.325. The van der Waals surface area contributed by atoms with E-state index in [1.54, 1.807) is 0 Å². The van der Waals surface area contributed by atoms with Crippen molar-refractivity contribution in [1.29, 1.82) is 0 Å². The fourth-order valence-corrected chi connectivity index (χ4v) is 2.77. The summed E-state index contributed by atoms with van der Waals surface area (Å²) in [5.74, 6) is -3.65. The fraction of sp³-hybridized carbons (Fsp3) is 0.467. The predicted octanol–water partition coefficient (Wildman–Crippen LogP) is 1.68. The van der Waals surface area contributed by atoms with Gasteiger partial charge in [0.05, 0.1) is 12.2 Å². The van der Waals surface area contributed by atoms with E-state index >= 15 is 0 Å².